The Balaban J connectivity index is 0.00000144. The van der Waals surface area contributed by atoms with Gasteiger partial charge in [-0.05, 0) is 39.3 Å². The van der Waals surface area contributed by atoms with Crippen LogP contribution in [0.4, 0.5) is 0 Å². The van der Waals surface area contributed by atoms with Crippen molar-refractivity contribution in [2.45, 2.75) is 33.2 Å². The minimum absolute atomic E-state index is 0. The molecular formula is C10H24N2. The summed E-state index contributed by atoms with van der Waals surface area (Å²) in [7, 11) is 2.03. The first kappa shape index (κ1) is 10.0. The average molecular weight is 172 g/mol. The highest BCUT2D eigenvalue weighted by Crippen LogP contribution is 2.33. The van der Waals surface area contributed by atoms with Gasteiger partial charge in [0, 0.05) is 20.6 Å². The Morgan fingerprint density at radius 1 is 1.50 bits per heavy atom. The third-order valence-corrected chi connectivity index (χ3v) is 2.88. The zero-order valence-electron chi connectivity index (χ0n) is 8.85. The van der Waals surface area contributed by atoms with Gasteiger partial charge in [0.1, 0.15) is 0 Å². The normalized spacial score (nSPS) is 22.8. The molecule has 0 unspecified atom stereocenters. The first-order valence-corrected chi connectivity index (χ1v) is 4.96. The highest BCUT2D eigenvalue weighted by atomic mass is 15.2. The molecule has 1 fully saturated rings. The monoisotopic (exact) mass is 172 g/mol. The van der Waals surface area contributed by atoms with Crippen molar-refractivity contribution in [2.24, 2.45) is 5.41 Å². The summed E-state index contributed by atoms with van der Waals surface area (Å²) in [5.74, 6) is 0. The molecule has 1 aliphatic heterocycles. The molecule has 1 heterocycles. The standard InChI is InChI=1S/C10H22N2.H2/c1-9(2)12-7-10(3,8-12)5-6-11-4;/h9,11H,5-8H2,1-4H3;1H. The molecule has 0 bridgehead atoms. The van der Waals surface area contributed by atoms with Gasteiger partial charge in [0.25, 0.3) is 0 Å². The van der Waals surface area contributed by atoms with E-state index in [0.717, 1.165) is 12.6 Å². The molecule has 1 saturated heterocycles. The van der Waals surface area contributed by atoms with Crippen molar-refractivity contribution < 1.29 is 1.43 Å². The topological polar surface area (TPSA) is 15.3 Å². The number of hydrogen-bond donors (Lipinski definition) is 1. The van der Waals surface area contributed by atoms with Crippen LogP contribution in [-0.2, 0) is 0 Å². The van der Waals surface area contributed by atoms with Crippen molar-refractivity contribution in [1.82, 2.24) is 10.2 Å². The zero-order valence-corrected chi connectivity index (χ0v) is 8.85. The number of hydrogen-bond acceptors (Lipinski definition) is 2. The fraction of sp³-hybridized carbons (Fsp3) is 1.00. The van der Waals surface area contributed by atoms with Crippen LogP contribution in [0.5, 0.6) is 0 Å². The quantitative estimate of drug-likeness (QED) is 0.692. The number of nitrogens with one attached hydrogen (secondary N) is 1. The van der Waals surface area contributed by atoms with Gasteiger partial charge in [0.15, 0.2) is 0 Å². The van der Waals surface area contributed by atoms with Crippen molar-refractivity contribution in [3.63, 3.8) is 0 Å². The summed E-state index contributed by atoms with van der Waals surface area (Å²) in [6, 6.07) is 0.729. The van der Waals surface area contributed by atoms with Gasteiger partial charge >= 0.3 is 0 Å². The number of nitrogens with zero attached hydrogens (tertiary/aromatic N) is 1. The van der Waals surface area contributed by atoms with Gasteiger partial charge in [-0.1, -0.05) is 6.92 Å². The number of likely N-dealkylation sites (tertiary alicyclic amines) is 1. The summed E-state index contributed by atoms with van der Waals surface area (Å²) in [5, 5.41) is 3.22. The van der Waals surface area contributed by atoms with Gasteiger partial charge in [0.05, 0.1) is 0 Å². The predicted octanol–water partition coefficient (Wildman–Crippen LogP) is 1.57. The molecule has 12 heavy (non-hydrogen) atoms. The molecule has 2 heteroatoms. The molecule has 0 saturated carbocycles. The maximum Gasteiger partial charge on any atom is 0.00510 e. The van der Waals surface area contributed by atoms with Crippen molar-refractivity contribution in [2.75, 3.05) is 26.7 Å². The lowest BCUT2D eigenvalue weighted by molar-refractivity contribution is -0.0133. The second-order valence-electron chi connectivity index (χ2n) is 4.66. The molecule has 1 N–H and O–H groups in total. The fourth-order valence-electron chi connectivity index (χ4n) is 1.88. The molecule has 0 radical (unpaired) electrons. The molecular weight excluding hydrogens is 148 g/mol. The van der Waals surface area contributed by atoms with E-state index < -0.39 is 0 Å². The van der Waals surface area contributed by atoms with Crippen LogP contribution in [-0.4, -0.2) is 37.6 Å². The van der Waals surface area contributed by atoms with Crippen molar-refractivity contribution in [3.8, 4) is 0 Å². The summed E-state index contributed by atoms with van der Waals surface area (Å²) in [4.78, 5) is 2.54. The second-order valence-corrected chi connectivity index (χ2v) is 4.66. The van der Waals surface area contributed by atoms with Crippen LogP contribution in [0.15, 0.2) is 0 Å². The Morgan fingerprint density at radius 2 is 2.08 bits per heavy atom. The lowest BCUT2D eigenvalue weighted by Gasteiger charge is -2.50. The lowest BCUT2D eigenvalue weighted by atomic mass is 9.78. The molecule has 74 valence electrons. The van der Waals surface area contributed by atoms with E-state index in [4.69, 9.17) is 0 Å². The Kier molecular flexibility index (Phi) is 3.13. The smallest absolute Gasteiger partial charge is 0.00510 e. The maximum atomic E-state index is 3.22. The fourth-order valence-corrected chi connectivity index (χ4v) is 1.88. The van der Waals surface area contributed by atoms with Crippen molar-refractivity contribution >= 4 is 0 Å². The van der Waals surface area contributed by atoms with E-state index in [9.17, 15) is 0 Å². The van der Waals surface area contributed by atoms with Crippen LogP contribution < -0.4 is 5.32 Å². The van der Waals surface area contributed by atoms with Crippen LogP contribution in [0.25, 0.3) is 0 Å². The lowest BCUT2D eigenvalue weighted by Crippen LogP contribution is -2.57. The number of rotatable bonds is 4. The third-order valence-electron chi connectivity index (χ3n) is 2.88. The van der Waals surface area contributed by atoms with Crippen LogP contribution in [0.2, 0.25) is 0 Å². The first-order valence-electron chi connectivity index (χ1n) is 4.96. The largest absolute Gasteiger partial charge is 0.320 e. The predicted molar refractivity (Wildman–Crippen MR) is 55.5 cm³/mol. The molecule has 0 aromatic carbocycles. The molecule has 0 amide bonds. The van der Waals surface area contributed by atoms with Crippen LogP contribution in [0, 0.1) is 5.41 Å². The van der Waals surface area contributed by atoms with Gasteiger partial charge < -0.3 is 5.32 Å². The maximum absolute atomic E-state index is 3.22. The summed E-state index contributed by atoms with van der Waals surface area (Å²) in [6.45, 7) is 10.7. The van der Waals surface area contributed by atoms with E-state index in [-0.39, 0.29) is 1.43 Å². The van der Waals surface area contributed by atoms with Crippen LogP contribution in [0.3, 0.4) is 0 Å². The zero-order chi connectivity index (χ0) is 9.19. The van der Waals surface area contributed by atoms with Gasteiger partial charge in [0.2, 0.25) is 0 Å². The SMILES string of the molecule is CNCCC1(C)CN(C(C)C)C1.[HH]. The van der Waals surface area contributed by atoms with Gasteiger partial charge in [-0.25, -0.2) is 0 Å². The summed E-state index contributed by atoms with van der Waals surface area (Å²) in [6.07, 6.45) is 1.31. The molecule has 0 atom stereocenters. The molecule has 0 aromatic heterocycles. The first-order chi connectivity index (χ1) is 5.57. The van der Waals surface area contributed by atoms with Gasteiger partial charge in [-0.3, -0.25) is 4.90 Å². The Morgan fingerprint density at radius 3 is 2.50 bits per heavy atom. The van der Waals surface area contributed by atoms with Crippen LogP contribution >= 0.6 is 0 Å². The second kappa shape index (κ2) is 3.75. The average Bonchev–Trinajstić information content (AvgIpc) is 1.95. The molecule has 0 spiro atoms. The molecule has 2 nitrogen and oxygen atoms in total. The van der Waals surface area contributed by atoms with Crippen molar-refractivity contribution in [3.05, 3.63) is 0 Å². The Bertz CT molecular complexity index is 142. The van der Waals surface area contributed by atoms with Gasteiger partial charge in [-0.2, -0.15) is 0 Å². The van der Waals surface area contributed by atoms with E-state index in [1.807, 2.05) is 7.05 Å². The highest BCUT2D eigenvalue weighted by molar-refractivity contribution is 4.92. The molecule has 1 rings (SSSR count). The molecule has 0 aromatic rings. The van der Waals surface area contributed by atoms with Crippen molar-refractivity contribution in [1.29, 1.82) is 0 Å². The van der Waals surface area contributed by atoms with E-state index in [1.165, 1.54) is 19.5 Å². The summed E-state index contributed by atoms with van der Waals surface area (Å²) >= 11 is 0. The van der Waals surface area contributed by atoms with E-state index in [2.05, 4.69) is 31.0 Å². The van der Waals surface area contributed by atoms with E-state index >= 15 is 0 Å². The minimum Gasteiger partial charge on any atom is -0.320 e. The van der Waals surface area contributed by atoms with Gasteiger partial charge in [-0.15, -0.1) is 0 Å². The molecule has 0 aliphatic carbocycles. The van der Waals surface area contributed by atoms with E-state index in [1.54, 1.807) is 0 Å². The summed E-state index contributed by atoms with van der Waals surface area (Å²) < 4.78 is 0. The summed E-state index contributed by atoms with van der Waals surface area (Å²) in [5.41, 5.74) is 0.591. The minimum atomic E-state index is 0. The Labute approximate surface area is 77.8 Å². The third kappa shape index (κ3) is 2.20. The molecule has 1 aliphatic rings. The highest BCUT2D eigenvalue weighted by Gasteiger charge is 2.38. The van der Waals surface area contributed by atoms with Crippen LogP contribution in [0.1, 0.15) is 28.6 Å². The Hall–Kier alpha value is -0.0800. The van der Waals surface area contributed by atoms with E-state index in [0.29, 0.717) is 5.41 Å².